The van der Waals surface area contributed by atoms with Crippen LogP contribution in [-0.4, -0.2) is 28.7 Å². The van der Waals surface area contributed by atoms with Gasteiger partial charge in [0.25, 0.3) is 0 Å². The van der Waals surface area contributed by atoms with E-state index in [9.17, 15) is 19.5 Å². The Hall–Kier alpha value is -5.47. The molecule has 0 radical (unpaired) electrons. The molecule has 9 rings (SSSR count). The number of halogens is 1. The molecule has 4 amide bonds. The molecule has 2 saturated heterocycles. The summed E-state index contributed by atoms with van der Waals surface area (Å²) < 4.78 is 6.19. The molecule has 4 aromatic carbocycles. The van der Waals surface area contributed by atoms with Crippen LogP contribution in [-0.2, 0) is 31.0 Å². The number of carbonyl (C=O) groups excluding carboxylic acids is 4. The lowest BCUT2D eigenvalue weighted by molar-refractivity contribution is -0.128. The maximum Gasteiger partial charge on any atom is 0.246 e. The van der Waals surface area contributed by atoms with Gasteiger partial charge in [-0.3, -0.25) is 24.1 Å². The molecule has 0 aromatic heterocycles. The average molecular weight is 683 g/mol. The molecule has 9 heteroatoms. The number of aromatic hydroxyl groups is 1. The second kappa shape index (κ2) is 11.3. The Bertz CT molecular complexity index is 2180. The molecule has 2 aliphatic carbocycles. The molecule has 1 N–H and O–H groups in total. The van der Waals surface area contributed by atoms with Crippen LogP contribution in [0.1, 0.15) is 24.0 Å². The number of nitrogens with zero attached hydrogens (tertiary/aromatic N) is 2. The topological polar surface area (TPSA) is 104 Å². The lowest BCUT2D eigenvalue weighted by atomic mass is 9.48. The fraction of sp³-hybridized carbons (Fsp3) is 0.220. The number of imide groups is 2. The summed E-state index contributed by atoms with van der Waals surface area (Å²) in [5.41, 5.74) is 2.52. The number of fused-ring (bicyclic) bond motifs is 5. The van der Waals surface area contributed by atoms with Gasteiger partial charge in [-0.1, -0.05) is 77.8 Å². The van der Waals surface area contributed by atoms with Crippen molar-refractivity contribution in [2.75, 3.05) is 9.80 Å². The zero-order chi connectivity index (χ0) is 34.3. The lowest BCUT2D eigenvalue weighted by Gasteiger charge is -2.51. The van der Waals surface area contributed by atoms with Crippen molar-refractivity contribution < 1.29 is 29.0 Å². The number of hydrogen-bond acceptors (Lipinski definition) is 6. The third kappa shape index (κ3) is 4.24. The van der Waals surface area contributed by atoms with Gasteiger partial charge in [0.1, 0.15) is 11.5 Å². The zero-order valence-corrected chi connectivity index (χ0v) is 27.5. The predicted octanol–water partition coefficient (Wildman–Crippen LogP) is 6.76. The molecule has 8 nitrogen and oxygen atoms in total. The molecular formula is C41H31ClN2O6. The van der Waals surface area contributed by atoms with Crippen LogP contribution in [0.25, 0.3) is 0 Å². The van der Waals surface area contributed by atoms with Crippen molar-refractivity contribution in [2.45, 2.75) is 24.7 Å². The van der Waals surface area contributed by atoms with Crippen LogP contribution in [0, 0.1) is 29.6 Å². The Morgan fingerprint density at radius 3 is 2.26 bits per heavy atom. The van der Waals surface area contributed by atoms with Crippen LogP contribution in [0.5, 0.6) is 11.5 Å². The van der Waals surface area contributed by atoms with Crippen molar-refractivity contribution in [3.8, 4) is 11.5 Å². The molecule has 248 valence electrons. The number of phenolic OH excluding ortho intramolecular Hbond substituents is 1. The van der Waals surface area contributed by atoms with Crippen LogP contribution in [0.3, 0.4) is 0 Å². The van der Waals surface area contributed by atoms with Gasteiger partial charge in [-0.25, -0.2) is 4.90 Å². The van der Waals surface area contributed by atoms with E-state index in [4.69, 9.17) is 16.3 Å². The minimum atomic E-state index is -1.40. The van der Waals surface area contributed by atoms with E-state index in [0.717, 1.165) is 16.7 Å². The Labute approximate surface area is 293 Å². The van der Waals surface area contributed by atoms with Crippen molar-refractivity contribution in [1.29, 1.82) is 0 Å². The van der Waals surface area contributed by atoms with Crippen LogP contribution in [0.15, 0.2) is 127 Å². The fourth-order valence-corrected chi connectivity index (χ4v) is 9.58. The fourth-order valence-electron chi connectivity index (χ4n) is 9.39. The molecule has 3 fully saturated rings. The SMILES string of the molecule is O=C1[C@H]2[C@H](CC=C3[C@H](C4=COc5ccc(O)cc5C4)[C@]4(c5ccccc5)C(=O)N(c5cccc(Cl)c5)C(=O)[C@@H]4C[C@H]32)C(=O)N1c1ccccc1. The Morgan fingerprint density at radius 1 is 0.760 bits per heavy atom. The van der Waals surface area contributed by atoms with Gasteiger partial charge in [0.15, 0.2) is 0 Å². The van der Waals surface area contributed by atoms with E-state index in [-0.39, 0.29) is 35.8 Å². The van der Waals surface area contributed by atoms with E-state index in [1.165, 1.54) is 9.80 Å². The molecule has 5 aliphatic rings. The summed E-state index contributed by atoms with van der Waals surface area (Å²) in [6.07, 6.45) is 4.57. The number of benzene rings is 4. The summed E-state index contributed by atoms with van der Waals surface area (Å²) in [4.78, 5) is 61.2. The van der Waals surface area contributed by atoms with Crippen molar-refractivity contribution in [3.63, 3.8) is 0 Å². The summed E-state index contributed by atoms with van der Waals surface area (Å²) >= 11 is 6.41. The highest BCUT2D eigenvalue weighted by atomic mass is 35.5. The molecule has 50 heavy (non-hydrogen) atoms. The number of rotatable bonds is 4. The minimum Gasteiger partial charge on any atom is -0.508 e. The van der Waals surface area contributed by atoms with Gasteiger partial charge in [-0.05, 0) is 78.4 Å². The number of anilines is 2. The van der Waals surface area contributed by atoms with E-state index >= 15 is 4.79 Å². The smallest absolute Gasteiger partial charge is 0.246 e. The summed E-state index contributed by atoms with van der Waals surface area (Å²) in [6, 6.07) is 30.0. The number of carbonyl (C=O) groups is 4. The molecule has 4 aromatic rings. The summed E-state index contributed by atoms with van der Waals surface area (Å²) in [6.45, 7) is 0. The minimum absolute atomic E-state index is 0.0841. The largest absolute Gasteiger partial charge is 0.508 e. The van der Waals surface area contributed by atoms with Gasteiger partial charge >= 0.3 is 0 Å². The lowest BCUT2D eigenvalue weighted by Crippen LogP contribution is -2.55. The number of ether oxygens (including phenoxy) is 1. The third-order valence-electron chi connectivity index (χ3n) is 11.3. The first-order chi connectivity index (χ1) is 24.3. The molecule has 0 unspecified atom stereocenters. The Balaban J connectivity index is 1.26. The Morgan fingerprint density at radius 2 is 1.50 bits per heavy atom. The van der Waals surface area contributed by atoms with Crippen molar-refractivity contribution in [2.24, 2.45) is 29.6 Å². The summed E-state index contributed by atoms with van der Waals surface area (Å²) in [5.74, 6) is -3.98. The molecular weight excluding hydrogens is 652 g/mol. The maximum absolute atomic E-state index is 15.4. The number of allylic oxidation sites excluding steroid dienone is 3. The van der Waals surface area contributed by atoms with E-state index < -0.39 is 35.0 Å². The Kier molecular flexibility index (Phi) is 6.90. The number of phenols is 1. The van der Waals surface area contributed by atoms with Crippen LogP contribution in [0.4, 0.5) is 11.4 Å². The van der Waals surface area contributed by atoms with E-state index in [1.807, 2.05) is 42.5 Å². The van der Waals surface area contributed by atoms with Gasteiger partial charge in [-0.15, -0.1) is 0 Å². The second-order valence-corrected chi connectivity index (χ2v) is 14.2. The number of para-hydroxylation sites is 1. The number of amides is 4. The quantitative estimate of drug-likeness (QED) is 0.188. The molecule has 0 bridgehead atoms. The van der Waals surface area contributed by atoms with Crippen LogP contribution < -0.4 is 14.5 Å². The third-order valence-corrected chi connectivity index (χ3v) is 11.6. The molecule has 3 aliphatic heterocycles. The highest BCUT2D eigenvalue weighted by Gasteiger charge is 2.70. The maximum atomic E-state index is 15.4. The first kappa shape index (κ1) is 30.6. The van der Waals surface area contributed by atoms with Gasteiger partial charge in [0.05, 0.1) is 40.8 Å². The highest BCUT2D eigenvalue weighted by molar-refractivity contribution is 6.32. The monoisotopic (exact) mass is 682 g/mol. The van der Waals surface area contributed by atoms with Gasteiger partial charge in [0.2, 0.25) is 23.6 Å². The van der Waals surface area contributed by atoms with Crippen LogP contribution >= 0.6 is 11.6 Å². The standard InChI is InChI=1S/C41H31ClN2O6/c42-26-10-7-13-28(20-26)44-38(47)33-21-32-30(15-16-31-35(32)39(48)43(37(31)46)27-11-5-2-6-12-27)36(41(33,40(44)49)25-8-3-1-4-9-25)24-18-23-19-29(45)14-17-34(23)50-22-24/h1-15,17,19-20,22,31-33,35-36,45H,16,18,21H2/t31-,32+,33-,35-,36-,41+/m0/s1. The van der Waals surface area contributed by atoms with Crippen molar-refractivity contribution in [1.82, 2.24) is 0 Å². The van der Waals surface area contributed by atoms with Crippen molar-refractivity contribution >= 4 is 46.6 Å². The molecule has 0 spiro atoms. The average Bonchev–Trinajstić information content (AvgIpc) is 3.52. The van der Waals surface area contributed by atoms with Gasteiger partial charge in [0, 0.05) is 22.9 Å². The molecule has 6 atom stereocenters. The summed E-state index contributed by atoms with van der Waals surface area (Å²) in [7, 11) is 0. The molecule has 3 heterocycles. The second-order valence-electron chi connectivity index (χ2n) is 13.7. The van der Waals surface area contributed by atoms with Gasteiger partial charge < -0.3 is 9.84 Å². The predicted molar refractivity (Wildman–Crippen MR) is 186 cm³/mol. The van der Waals surface area contributed by atoms with Crippen molar-refractivity contribution in [3.05, 3.63) is 143 Å². The first-order valence-electron chi connectivity index (χ1n) is 16.8. The van der Waals surface area contributed by atoms with E-state index in [1.54, 1.807) is 73.0 Å². The highest BCUT2D eigenvalue weighted by Crippen LogP contribution is 2.63. The molecule has 1 saturated carbocycles. The number of hydrogen-bond donors (Lipinski definition) is 1. The zero-order valence-electron chi connectivity index (χ0n) is 26.7. The van der Waals surface area contributed by atoms with Gasteiger partial charge in [-0.2, -0.15) is 0 Å². The first-order valence-corrected chi connectivity index (χ1v) is 17.2. The van der Waals surface area contributed by atoms with E-state index in [2.05, 4.69) is 0 Å². The summed E-state index contributed by atoms with van der Waals surface area (Å²) in [5, 5.41) is 10.8. The van der Waals surface area contributed by atoms with Crippen LogP contribution in [0.2, 0.25) is 5.02 Å². The van der Waals surface area contributed by atoms with E-state index in [0.29, 0.717) is 40.6 Å². The normalized spacial score (nSPS) is 28.3.